The van der Waals surface area contributed by atoms with Gasteiger partial charge in [-0.2, -0.15) is 0 Å². The van der Waals surface area contributed by atoms with Crippen molar-refractivity contribution >= 4 is 23.6 Å². The Labute approximate surface area is 152 Å². The van der Waals surface area contributed by atoms with E-state index >= 15 is 0 Å². The zero-order valence-corrected chi connectivity index (χ0v) is 15.7. The minimum Gasteiger partial charge on any atom is -0.496 e. The Morgan fingerprint density at radius 3 is 2.40 bits per heavy atom. The van der Waals surface area contributed by atoms with Gasteiger partial charge in [-0.15, -0.1) is 0 Å². The van der Waals surface area contributed by atoms with E-state index in [0.29, 0.717) is 21.9 Å². The molecule has 1 rings (SSSR count). The normalized spacial score (nSPS) is 13.5. The molecule has 0 spiro atoms. The molecule has 25 heavy (non-hydrogen) atoms. The first kappa shape index (κ1) is 20.7. The number of allylic oxidation sites excluding steroid dienone is 6. The summed E-state index contributed by atoms with van der Waals surface area (Å²) in [4.78, 5) is 10.5. The molecule has 0 heterocycles. The molecule has 0 saturated heterocycles. The monoisotopic (exact) mass is 364 g/mol. The molecule has 1 N–H and O–H groups in total. The summed E-state index contributed by atoms with van der Waals surface area (Å²) in [5.74, 6) is -0.807. The fourth-order valence-electron chi connectivity index (χ4n) is 2.15. The smallest absolute Gasteiger partial charge is 0.328 e. The Morgan fingerprint density at radius 1 is 1.20 bits per heavy atom. The highest BCUT2D eigenvalue weighted by Crippen LogP contribution is 2.32. The number of aliphatic carboxylic acids is 1. The summed E-state index contributed by atoms with van der Waals surface area (Å²) in [6, 6.07) is 1.74. The summed E-state index contributed by atoms with van der Waals surface area (Å²) >= 11 is 6.28. The van der Waals surface area contributed by atoms with E-state index in [1.807, 2.05) is 13.8 Å². The van der Waals surface area contributed by atoms with E-state index in [1.54, 1.807) is 39.2 Å². The first-order valence-electron chi connectivity index (χ1n) is 7.64. The van der Waals surface area contributed by atoms with Gasteiger partial charge in [-0.1, -0.05) is 29.8 Å². The van der Waals surface area contributed by atoms with Gasteiger partial charge in [-0.05, 0) is 67.7 Å². The maximum Gasteiger partial charge on any atom is 0.328 e. The van der Waals surface area contributed by atoms with Crippen LogP contribution in [0.5, 0.6) is 5.75 Å². The topological polar surface area (TPSA) is 46.5 Å². The van der Waals surface area contributed by atoms with E-state index in [0.717, 1.165) is 22.8 Å². The Morgan fingerprint density at radius 2 is 1.84 bits per heavy atom. The van der Waals surface area contributed by atoms with Gasteiger partial charge in [0.2, 0.25) is 0 Å². The van der Waals surface area contributed by atoms with Crippen molar-refractivity contribution in [3.05, 3.63) is 69.1 Å². The summed E-state index contributed by atoms with van der Waals surface area (Å²) in [5, 5.41) is 9.16. The van der Waals surface area contributed by atoms with Crippen molar-refractivity contribution in [2.75, 3.05) is 7.11 Å². The number of hydrogen-bond acceptors (Lipinski definition) is 2. The molecule has 0 aromatic heterocycles. The van der Waals surface area contributed by atoms with Crippen LogP contribution in [-0.2, 0) is 4.79 Å². The fourth-order valence-corrected chi connectivity index (χ4v) is 2.45. The fraction of sp³-hybridized carbons (Fsp3) is 0.250. The average Bonchev–Trinajstić information content (AvgIpc) is 2.54. The molecule has 0 fully saturated rings. The molecule has 0 amide bonds. The number of carbonyl (C=O) groups is 1. The quantitative estimate of drug-likeness (QED) is 0.511. The molecule has 134 valence electrons. The number of halogens is 2. The Bertz CT molecular complexity index is 787. The second-order valence-corrected chi connectivity index (χ2v) is 6.06. The molecule has 0 radical (unpaired) electrons. The van der Waals surface area contributed by atoms with Crippen molar-refractivity contribution in [3.63, 3.8) is 0 Å². The van der Waals surface area contributed by atoms with Gasteiger partial charge in [0.1, 0.15) is 11.6 Å². The molecular weight excluding hydrogens is 343 g/mol. The maximum absolute atomic E-state index is 14.1. The van der Waals surface area contributed by atoms with E-state index in [1.165, 1.54) is 12.2 Å². The molecule has 3 nitrogen and oxygen atoms in total. The van der Waals surface area contributed by atoms with Crippen LogP contribution in [0.25, 0.3) is 6.08 Å². The Balaban J connectivity index is 3.11. The van der Waals surface area contributed by atoms with Crippen molar-refractivity contribution in [2.45, 2.75) is 27.7 Å². The number of benzene rings is 1. The summed E-state index contributed by atoms with van der Waals surface area (Å²) in [6.45, 7) is 7.09. The average molecular weight is 365 g/mol. The lowest BCUT2D eigenvalue weighted by Crippen LogP contribution is -1.94. The lowest BCUT2D eigenvalue weighted by molar-refractivity contribution is -0.131. The molecule has 0 atom stereocenters. The van der Waals surface area contributed by atoms with E-state index in [2.05, 4.69) is 0 Å². The third-order valence-corrected chi connectivity index (χ3v) is 4.10. The summed E-state index contributed by atoms with van der Waals surface area (Å²) in [5.41, 5.74) is 3.60. The molecular formula is C20H22ClFO3. The van der Waals surface area contributed by atoms with E-state index < -0.39 is 11.8 Å². The largest absolute Gasteiger partial charge is 0.496 e. The van der Waals surface area contributed by atoms with Crippen molar-refractivity contribution in [1.82, 2.24) is 0 Å². The number of rotatable bonds is 6. The van der Waals surface area contributed by atoms with Gasteiger partial charge in [0.05, 0.1) is 12.1 Å². The number of methoxy groups -OCH3 is 1. The second-order valence-electron chi connectivity index (χ2n) is 5.65. The minimum atomic E-state index is -1.07. The zero-order valence-electron chi connectivity index (χ0n) is 15.0. The molecule has 1 aromatic rings. The zero-order chi connectivity index (χ0) is 19.1. The first-order chi connectivity index (χ1) is 11.7. The van der Waals surface area contributed by atoms with Crippen LogP contribution in [-0.4, -0.2) is 18.2 Å². The van der Waals surface area contributed by atoms with Crippen molar-refractivity contribution < 1.29 is 19.0 Å². The van der Waals surface area contributed by atoms with E-state index in [-0.39, 0.29) is 0 Å². The molecule has 0 aliphatic heterocycles. The standard InChI is InChI=1S/C20H22ClFO3/c1-12(10-20(23)24)6-9-18(22)13(2)7-8-16-14(3)15(4)19(25-5)11-17(16)21/h6-11H,1-5H3,(H,23,24)/b8-7?,9-6?,12-10+,18-13?. The van der Waals surface area contributed by atoms with Crippen LogP contribution in [0.1, 0.15) is 30.5 Å². The van der Waals surface area contributed by atoms with Gasteiger partial charge in [0.25, 0.3) is 0 Å². The molecule has 1 aromatic carbocycles. The predicted octanol–water partition coefficient (Wildman–Crippen LogP) is 5.81. The summed E-state index contributed by atoms with van der Waals surface area (Å²) in [7, 11) is 1.59. The van der Waals surface area contributed by atoms with E-state index in [4.69, 9.17) is 21.4 Å². The predicted molar refractivity (Wildman–Crippen MR) is 101 cm³/mol. The number of carboxylic acids is 1. The van der Waals surface area contributed by atoms with Gasteiger partial charge in [-0.3, -0.25) is 0 Å². The van der Waals surface area contributed by atoms with Crippen LogP contribution in [0.2, 0.25) is 5.02 Å². The van der Waals surface area contributed by atoms with Crippen LogP contribution < -0.4 is 4.74 Å². The maximum atomic E-state index is 14.1. The van der Waals surface area contributed by atoms with Crippen LogP contribution in [0.15, 0.2) is 47.3 Å². The number of carboxylic acid groups (broad SMARTS) is 1. The molecule has 5 heteroatoms. The number of hydrogen-bond donors (Lipinski definition) is 1. The summed E-state index contributed by atoms with van der Waals surface area (Å²) < 4.78 is 19.4. The molecule has 0 aliphatic carbocycles. The first-order valence-corrected chi connectivity index (χ1v) is 8.02. The highest BCUT2D eigenvalue weighted by molar-refractivity contribution is 6.32. The Kier molecular flexibility index (Phi) is 7.65. The van der Waals surface area contributed by atoms with Gasteiger partial charge in [0.15, 0.2) is 0 Å². The van der Waals surface area contributed by atoms with Crippen LogP contribution in [0.4, 0.5) is 4.39 Å². The lowest BCUT2D eigenvalue weighted by atomic mass is 10.0. The summed E-state index contributed by atoms with van der Waals surface area (Å²) in [6.07, 6.45) is 7.06. The highest BCUT2D eigenvalue weighted by atomic mass is 35.5. The molecule has 0 bridgehead atoms. The molecule has 0 aliphatic rings. The van der Waals surface area contributed by atoms with Crippen LogP contribution in [0, 0.1) is 13.8 Å². The lowest BCUT2D eigenvalue weighted by Gasteiger charge is -2.12. The Hall–Kier alpha value is -2.33. The second kappa shape index (κ2) is 9.23. The third kappa shape index (κ3) is 5.91. The molecule has 0 saturated carbocycles. The minimum absolute atomic E-state index is 0.406. The van der Waals surface area contributed by atoms with Gasteiger partial charge >= 0.3 is 5.97 Å². The number of ether oxygens (including phenoxy) is 1. The molecule has 0 unspecified atom stereocenters. The SMILES string of the molecule is COc1cc(Cl)c(C=CC(C)=C(F)C=C/C(C)=C/C(=O)O)c(C)c1C. The van der Waals surface area contributed by atoms with Crippen LogP contribution >= 0.6 is 11.6 Å². The van der Waals surface area contributed by atoms with Gasteiger partial charge < -0.3 is 9.84 Å². The van der Waals surface area contributed by atoms with Crippen LogP contribution in [0.3, 0.4) is 0 Å². The van der Waals surface area contributed by atoms with Crippen molar-refractivity contribution in [2.24, 2.45) is 0 Å². The van der Waals surface area contributed by atoms with Crippen molar-refractivity contribution in [1.29, 1.82) is 0 Å². The van der Waals surface area contributed by atoms with Crippen molar-refractivity contribution in [3.8, 4) is 5.75 Å². The van der Waals surface area contributed by atoms with Gasteiger partial charge in [0, 0.05) is 6.08 Å². The van der Waals surface area contributed by atoms with E-state index in [9.17, 15) is 9.18 Å². The third-order valence-electron chi connectivity index (χ3n) is 3.79. The van der Waals surface area contributed by atoms with Gasteiger partial charge in [-0.25, -0.2) is 9.18 Å². The highest BCUT2D eigenvalue weighted by Gasteiger charge is 2.10.